The Labute approximate surface area is 141 Å². The quantitative estimate of drug-likeness (QED) is 0.700. The Kier molecular flexibility index (Phi) is 8.25. The van der Waals surface area contributed by atoms with Gasteiger partial charge in [-0.3, -0.25) is 4.79 Å². The predicted octanol–water partition coefficient (Wildman–Crippen LogP) is 0.963. The molecule has 0 radical (unpaired) electrons. The average Bonchev–Trinajstić information content (AvgIpc) is 3.04. The molecule has 2 aromatic rings. The number of rotatable bonds is 8. The fraction of sp³-hybridized carbons (Fsp3) is 0.400. The van der Waals surface area contributed by atoms with Gasteiger partial charge in [-0.25, -0.2) is 9.67 Å². The molecule has 0 aliphatic rings. The van der Waals surface area contributed by atoms with Gasteiger partial charge in [0.2, 0.25) is 0 Å². The maximum atomic E-state index is 12.1. The third-order valence-electron chi connectivity index (χ3n) is 3.19. The van der Waals surface area contributed by atoms with Crippen LogP contribution in [-0.2, 0) is 4.74 Å². The Bertz CT molecular complexity index is 604. The van der Waals surface area contributed by atoms with Gasteiger partial charge in [0.05, 0.1) is 12.3 Å². The lowest BCUT2D eigenvalue weighted by Gasteiger charge is -2.09. The van der Waals surface area contributed by atoms with Crippen LogP contribution in [0, 0.1) is 6.92 Å². The van der Waals surface area contributed by atoms with Crippen molar-refractivity contribution in [2.24, 2.45) is 0 Å². The fourth-order valence-electron chi connectivity index (χ4n) is 2.05. The maximum absolute atomic E-state index is 12.1. The van der Waals surface area contributed by atoms with E-state index < -0.39 is 0 Å². The summed E-state index contributed by atoms with van der Waals surface area (Å²) < 4.78 is 6.61. The molecule has 0 saturated heterocycles. The molecule has 0 fully saturated rings. The molecule has 0 spiro atoms. The van der Waals surface area contributed by atoms with E-state index in [-0.39, 0.29) is 18.3 Å². The van der Waals surface area contributed by atoms with E-state index in [1.54, 1.807) is 24.2 Å². The smallest absolute Gasteiger partial charge is 0.251 e. The van der Waals surface area contributed by atoms with Crippen molar-refractivity contribution in [2.45, 2.75) is 6.92 Å². The molecule has 1 aromatic heterocycles. The van der Waals surface area contributed by atoms with E-state index in [0.717, 1.165) is 17.8 Å². The highest BCUT2D eigenvalue weighted by Crippen LogP contribution is 2.14. The Morgan fingerprint density at radius 3 is 2.78 bits per heavy atom. The molecule has 2 rings (SSSR count). The minimum atomic E-state index is -0.0817. The molecule has 23 heavy (non-hydrogen) atoms. The lowest BCUT2D eigenvalue weighted by atomic mass is 10.1. The van der Waals surface area contributed by atoms with Crippen LogP contribution in [-0.4, -0.2) is 54.0 Å². The number of hydrogen-bond acceptors (Lipinski definition) is 5. The zero-order chi connectivity index (χ0) is 15.8. The molecule has 1 heterocycles. The molecule has 1 amide bonds. The van der Waals surface area contributed by atoms with Crippen molar-refractivity contribution in [3.63, 3.8) is 0 Å². The molecule has 126 valence electrons. The Balaban J connectivity index is 0.00000264. The van der Waals surface area contributed by atoms with Crippen LogP contribution in [0.1, 0.15) is 15.9 Å². The molecular formula is C15H22ClN5O2. The minimum Gasteiger partial charge on any atom is -0.383 e. The van der Waals surface area contributed by atoms with Crippen LogP contribution in [0.25, 0.3) is 5.69 Å². The SMILES string of the molecule is COCCNCCNC(=O)c1ccc(-n2cncn2)c(C)c1.Cl. The molecular weight excluding hydrogens is 318 g/mol. The van der Waals surface area contributed by atoms with E-state index in [4.69, 9.17) is 4.74 Å². The molecule has 0 aliphatic heterocycles. The number of ether oxygens (including phenoxy) is 1. The highest BCUT2D eigenvalue weighted by atomic mass is 35.5. The number of aryl methyl sites for hydroxylation is 1. The molecule has 2 N–H and O–H groups in total. The highest BCUT2D eigenvalue weighted by molar-refractivity contribution is 5.94. The van der Waals surface area contributed by atoms with Gasteiger partial charge in [0, 0.05) is 32.3 Å². The zero-order valence-electron chi connectivity index (χ0n) is 13.3. The standard InChI is InChI=1S/C15H21N5O2.ClH/c1-12-9-13(3-4-14(12)20-11-17-10-19-20)15(21)18-6-5-16-7-8-22-2;/h3-4,9-11,16H,5-8H2,1-2H3,(H,18,21);1H. The number of halogens is 1. The van der Waals surface area contributed by atoms with Crippen molar-refractivity contribution in [3.8, 4) is 5.69 Å². The van der Waals surface area contributed by atoms with Crippen LogP contribution in [0.4, 0.5) is 0 Å². The van der Waals surface area contributed by atoms with Crippen LogP contribution in [0.15, 0.2) is 30.9 Å². The number of hydrogen-bond donors (Lipinski definition) is 2. The summed E-state index contributed by atoms with van der Waals surface area (Å²) in [6.07, 6.45) is 3.12. The first kappa shape index (κ1) is 19.1. The summed E-state index contributed by atoms with van der Waals surface area (Å²) in [6, 6.07) is 5.51. The summed E-state index contributed by atoms with van der Waals surface area (Å²) in [5.74, 6) is -0.0817. The summed E-state index contributed by atoms with van der Waals surface area (Å²) in [5.41, 5.74) is 2.52. The van der Waals surface area contributed by atoms with Crippen molar-refractivity contribution in [1.82, 2.24) is 25.4 Å². The van der Waals surface area contributed by atoms with E-state index in [1.165, 1.54) is 6.33 Å². The number of amides is 1. The lowest BCUT2D eigenvalue weighted by molar-refractivity contribution is 0.0953. The zero-order valence-corrected chi connectivity index (χ0v) is 14.1. The van der Waals surface area contributed by atoms with Crippen LogP contribution in [0.5, 0.6) is 0 Å². The van der Waals surface area contributed by atoms with Crippen molar-refractivity contribution in [2.75, 3.05) is 33.4 Å². The van der Waals surface area contributed by atoms with Gasteiger partial charge in [-0.05, 0) is 30.7 Å². The van der Waals surface area contributed by atoms with Crippen LogP contribution >= 0.6 is 12.4 Å². The second kappa shape index (κ2) is 9.94. The Morgan fingerprint density at radius 2 is 2.13 bits per heavy atom. The van der Waals surface area contributed by atoms with E-state index in [2.05, 4.69) is 20.7 Å². The van der Waals surface area contributed by atoms with Crippen molar-refractivity contribution in [3.05, 3.63) is 42.0 Å². The monoisotopic (exact) mass is 339 g/mol. The van der Waals surface area contributed by atoms with Gasteiger partial charge in [0.25, 0.3) is 5.91 Å². The first-order valence-electron chi connectivity index (χ1n) is 7.16. The molecule has 7 nitrogen and oxygen atoms in total. The van der Waals surface area contributed by atoms with Gasteiger partial charge >= 0.3 is 0 Å². The van der Waals surface area contributed by atoms with E-state index >= 15 is 0 Å². The summed E-state index contributed by atoms with van der Waals surface area (Å²) in [7, 11) is 1.66. The lowest BCUT2D eigenvalue weighted by Crippen LogP contribution is -2.33. The van der Waals surface area contributed by atoms with Crippen molar-refractivity contribution in [1.29, 1.82) is 0 Å². The number of carbonyl (C=O) groups excluding carboxylic acids is 1. The number of nitrogens with one attached hydrogen (secondary N) is 2. The molecule has 8 heteroatoms. The first-order chi connectivity index (χ1) is 10.7. The summed E-state index contributed by atoms with van der Waals surface area (Å²) in [6.45, 7) is 4.67. The molecule has 0 atom stereocenters. The van der Waals surface area contributed by atoms with Crippen LogP contribution in [0.3, 0.4) is 0 Å². The van der Waals surface area contributed by atoms with Crippen molar-refractivity contribution < 1.29 is 9.53 Å². The number of benzene rings is 1. The predicted molar refractivity (Wildman–Crippen MR) is 90.4 cm³/mol. The van der Waals surface area contributed by atoms with Gasteiger partial charge in [-0.2, -0.15) is 5.10 Å². The number of carbonyl (C=O) groups is 1. The second-order valence-corrected chi connectivity index (χ2v) is 4.84. The van der Waals surface area contributed by atoms with Gasteiger partial charge < -0.3 is 15.4 Å². The molecule has 0 aliphatic carbocycles. The average molecular weight is 340 g/mol. The topological polar surface area (TPSA) is 81.1 Å². The normalized spacial score (nSPS) is 10.2. The largest absolute Gasteiger partial charge is 0.383 e. The fourth-order valence-corrected chi connectivity index (χ4v) is 2.05. The van der Waals surface area contributed by atoms with Gasteiger partial charge in [-0.15, -0.1) is 12.4 Å². The first-order valence-corrected chi connectivity index (χ1v) is 7.16. The van der Waals surface area contributed by atoms with Gasteiger partial charge in [0.1, 0.15) is 12.7 Å². The Hall–Kier alpha value is -1.96. The second-order valence-electron chi connectivity index (χ2n) is 4.84. The molecule has 0 saturated carbocycles. The maximum Gasteiger partial charge on any atom is 0.251 e. The van der Waals surface area contributed by atoms with Crippen LogP contribution in [0.2, 0.25) is 0 Å². The number of nitrogens with zero attached hydrogens (tertiary/aromatic N) is 3. The van der Waals surface area contributed by atoms with Gasteiger partial charge in [0.15, 0.2) is 0 Å². The summed E-state index contributed by atoms with van der Waals surface area (Å²) in [4.78, 5) is 16.0. The van der Waals surface area contributed by atoms with Gasteiger partial charge in [-0.1, -0.05) is 0 Å². The molecule has 0 bridgehead atoms. The van der Waals surface area contributed by atoms with E-state index in [0.29, 0.717) is 25.3 Å². The Morgan fingerprint density at radius 1 is 1.30 bits per heavy atom. The third kappa shape index (κ3) is 5.63. The summed E-state index contributed by atoms with van der Waals surface area (Å²) >= 11 is 0. The van der Waals surface area contributed by atoms with E-state index in [9.17, 15) is 4.79 Å². The highest BCUT2D eigenvalue weighted by Gasteiger charge is 2.08. The van der Waals surface area contributed by atoms with Crippen molar-refractivity contribution >= 4 is 18.3 Å². The van der Waals surface area contributed by atoms with Crippen LogP contribution < -0.4 is 10.6 Å². The molecule has 1 aromatic carbocycles. The minimum absolute atomic E-state index is 0. The molecule has 0 unspecified atom stereocenters. The number of methoxy groups -OCH3 is 1. The van der Waals surface area contributed by atoms with E-state index in [1.807, 2.05) is 19.1 Å². The summed E-state index contributed by atoms with van der Waals surface area (Å²) in [5, 5.41) is 10.1. The number of aromatic nitrogens is 3. The third-order valence-corrected chi connectivity index (χ3v) is 3.19.